The van der Waals surface area contributed by atoms with Crippen LogP contribution in [0.15, 0.2) is 35.3 Å². The Labute approximate surface area is 162 Å². The second-order valence-corrected chi connectivity index (χ2v) is 7.10. The molecule has 134 valence electrons. The average molecular weight is 443 g/mol. The van der Waals surface area contributed by atoms with Crippen molar-refractivity contribution in [2.24, 2.45) is 16.6 Å². The van der Waals surface area contributed by atoms with Gasteiger partial charge in [-0.1, -0.05) is 37.3 Å². The number of piperidine rings is 1. The molecule has 2 aliphatic rings. The number of rotatable bonds is 3. The molecule has 2 aliphatic heterocycles. The van der Waals surface area contributed by atoms with E-state index in [4.69, 9.17) is 15.5 Å². The summed E-state index contributed by atoms with van der Waals surface area (Å²) in [6.45, 7) is 6.78. The van der Waals surface area contributed by atoms with Crippen molar-refractivity contribution < 1.29 is 4.74 Å². The van der Waals surface area contributed by atoms with Crippen LogP contribution in [-0.4, -0.2) is 43.7 Å². The second-order valence-electron chi connectivity index (χ2n) is 7.10. The van der Waals surface area contributed by atoms with Crippen LogP contribution in [0.5, 0.6) is 0 Å². The van der Waals surface area contributed by atoms with Crippen LogP contribution in [0.3, 0.4) is 0 Å². The molecule has 2 saturated heterocycles. The lowest BCUT2D eigenvalue weighted by Crippen LogP contribution is -2.44. The van der Waals surface area contributed by atoms with E-state index >= 15 is 0 Å². The number of likely N-dealkylation sites (tertiary alicyclic amines) is 1. The van der Waals surface area contributed by atoms with Gasteiger partial charge in [-0.2, -0.15) is 0 Å². The molecule has 0 saturated carbocycles. The molecule has 2 heterocycles. The Balaban J connectivity index is 0.00000208. The molecule has 1 aromatic rings. The molecule has 24 heavy (non-hydrogen) atoms. The molecular weight excluding hydrogens is 413 g/mol. The van der Waals surface area contributed by atoms with Gasteiger partial charge in [0.25, 0.3) is 0 Å². The first-order valence-electron chi connectivity index (χ1n) is 8.88. The van der Waals surface area contributed by atoms with Gasteiger partial charge in [0.2, 0.25) is 0 Å². The zero-order valence-electron chi connectivity index (χ0n) is 14.6. The zero-order chi connectivity index (χ0) is 16.1. The van der Waals surface area contributed by atoms with Crippen molar-refractivity contribution in [1.29, 1.82) is 0 Å². The third kappa shape index (κ3) is 4.63. The SMILES string of the molecule is CC1CCN(C(N)=NCC2(c3ccccc3)CCOCC2)CC1.I. The summed E-state index contributed by atoms with van der Waals surface area (Å²) in [5, 5.41) is 0. The molecule has 0 aromatic heterocycles. The molecule has 0 unspecified atom stereocenters. The highest BCUT2D eigenvalue weighted by Gasteiger charge is 2.34. The number of hydrogen-bond donors (Lipinski definition) is 1. The van der Waals surface area contributed by atoms with Crippen LogP contribution in [0, 0.1) is 5.92 Å². The van der Waals surface area contributed by atoms with Gasteiger partial charge in [0, 0.05) is 31.7 Å². The summed E-state index contributed by atoms with van der Waals surface area (Å²) in [4.78, 5) is 7.06. The topological polar surface area (TPSA) is 50.8 Å². The van der Waals surface area contributed by atoms with Crippen molar-refractivity contribution in [3.8, 4) is 0 Å². The van der Waals surface area contributed by atoms with Crippen LogP contribution in [0.2, 0.25) is 0 Å². The van der Waals surface area contributed by atoms with Crippen molar-refractivity contribution in [3.63, 3.8) is 0 Å². The molecule has 2 N–H and O–H groups in total. The van der Waals surface area contributed by atoms with Crippen molar-refractivity contribution in [1.82, 2.24) is 4.90 Å². The van der Waals surface area contributed by atoms with Crippen molar-refractivity contribution >= 4 is 29.9 Å². The molecule has 2 fully saturated rings. The maximum Gasteiger partial charge on any atom is 0.191 e. The molecule has 3 rings (SSSR count). The lowest BCUT2D eigenvalue weighted by atomic mass is 9.74. The fourth-order valence-corrected chi connectivity index (χ4v) is 3.66. The van der Waals surface area contributed by atoms with Gasteiger partial charge >= 0.3 is 0 Å². The minimum absolute atomic E-state index is 0. The van der Waals surface area contributed by atoms with Crippen LogP contribution in [-0.2, 0) is 10.2 Å². The molecule has 0 amide bonds. The Bertz CT molecular complexity index is 521. The maximum absolute atomic E-state index is 6.29. The van der Waals surface area contributed by atoms with E-state index in [1.807, 2.05) is 0 Å². The molecule has 1 aromatic carbocycles. The standard InChI is InChI=1S/C19H29N3O.HI/c1-16-7-11-22(12-8-16)18(20)21-15-19(9-13-23-14-10-19)17-5-3-2-4-6-17;/h2-6,16H,7-15H2,1H3,(H2,20,21);1H. The van der Waals surface area contributed by atoms with Crippen molar-refractivity contribution in [3.05, 3.63) is 35.9 Å². The molecule has 5 heteroatoms. The quantitative estimate of drug-likeness (QED) is 0.443. The fraction of sp³-hybridized carbons (Fsp3) is 0.632. The normalized spacial score (nSPS) is 22.0. The Hall–Kier alpha value is -0.820. The number of halogens is 1. The van der Waals surface area contributed by atoms with Crippen LogP contribution < -0.4 is 5.73 Å². The molecule has 0 aliphatic carbocycles. The van der Waals surface area contributed by atoms with Crippen LogP contribution in [0.1, 0.15) is 38.2 Å². The molecule has 4 nitrogen and oxygen atoms in total. The largest absolute Gasteiger partial charge is 0.381 e. The molecule has 0 bridgehead atoms. The summed E-state index contributed by atoms with van der Waals surface area (Å²) in [5.74, 6) is 1.53. The maximum atomic E-state index is 6.29. The highest BCUT2D eigenvalue weighted by Crippen LogP contribution is 2.35. The highest BCUT2D eigenvalue weighted by atomic mass is 127. The minimum Gasteiger partial charge on any atom is -0.381 e. The zero-order valence-corrected chi connectivity index (χ0v) is 16.9. The van der Waals surface area contributed by atoms with Gasteiger partial charge < -0.3 is 15.4 Å². The summed E-state index contributed by atoms with van der Waals surface area (Å²) in [6, 6.07) is 10.7. The Morgan fingerprint density at radius 2 is 1.83 bits per heavy atom. The average Bonchev–Trinajstić information content (AvgIpc) is 2.62. The van der Waals surface area contributed by atoms with E-state index in [2.05, 4.69) is 42.2 Å². The number of hydrogen-bond acceptors (Lipinski definition) is 2. The summed E-state index contributed by atoms with van der Waals surface area (Å²) < 4.78 is 5.59. The molecule has 0 radical (unpaired) electrons. The lowest BCUT2D eigenvalue weighted by molar-refractivity contribution is 0.0530. The van der Waals surface area contributed by atoms with E-state index in [0.29, 0.717) is 0 Å². The van der Waals surface area contributed by atoms with Gasteiger partial charge in [0.05, 0.1) is 6.54 Å². The van der Waals surface area contributed by atoms with E-state index in [1.54, 1.807) is 0 Å². The fourth-order valence-electron chi connectivity index (χ4n) is 3.66. The summed E-state index contributed by atoms with van der Waals surface area (Å²) >= 11 is 0. The molecule has 0 atom stereocenters. The number of nitrogens with two attached hydrogens (primary N) is 1. The highest BCUT2D eigenvalue weighted by molar-refractivity contribution is 14.0. The van der Waals surface area contributed by atoms with Crippen LogP contribution >= 0.6 is 24.0 Å². The van der Waals surface area contributed by atoms with E-state index in [0.717, 1.165) is 57.6 Å². The first-order valence-corrected chi connectivity index (χ1v) is 8.88. The van der Waals surface area contributed by atoms with E-state index in [1.165, 1.54) is 18.4 Å². The van der Waals surface area contributed by atoms with Gasteiger partial charge in [0.1, 0.15) is 0 Å². The Morgan fingerprint density at radius 3 is 2.46 bits per heavy atom. The third-order valence-electron chi connectivity index (χ3n) is 5.49. The number of benzene rings is 1. The van der Waals surface area contributed by atoms with Gasteiger partial charge in [-0.3, -0.25) is 4.99 Å². The predicted octanol–water partition coefficient (Wildman–Crippen LogP) is 3.40. The predicted molar refractivity (Wildman–Crippen MR) is 110 cm³/mol. The van der Waals surface area contributed by atoms with Gasteiger partial charge in [-0.25, -0.2) is 0 Å². The first kappa shape index (κ1) is 19.5. The minimum atomic E-state index is 0. The monoisotopic (exact) mass is 443 g/mol. The number of nitrogens with zero attached hydrogens (tertiary/aromatic N) is 2. The van der Waals surface area contributed by atoms with E-state index < -0.39 is 0 Å². The van der Waals surface area contributed by atoms with Gasteiger partial charge in [-0.05, 0) is 37.2 Å². The number of aliphatic imine (C=N–C) groups is 1. The lowest BCUT2D eigenvalue weighted by Gasteiger charge is -2.37. The number of guanidine groups is 1. The molecule has 0 spiro atoms. The molecular formula is C19H30IN3O. The summed E-state index contributed by atoms with van der Waals surface area (Å²) in [7, 11) is 0. The third-order valence-corrected chi connectivity index (χ3v) is 5.49. The summed E-state index contributed by atoms with van der Waals surface area (Å²) in [6.07, 6.45) is 4.47. The van der Waals surface area contributed by atoms with Gasteiger partial charge in [-0.15, -0.1) is 24.0 Å². The smallest absolute Gasteiger partial charge is 0.191 e. The Kier molecular flexibility index (Phi) is 7.34. The van der Waals surface area contributed by atoms with Crippen LogP contribution in [0.25, 0.3) is 0 Å². The van der Waals surface area contributed by atoms with Gasteiger partial charge in [0.15, 0.2) is 5.96 Å². The summed E-state index contributed by atoms with van der Waals surface area (Å²) in [5.41, 5.74) is 7.74. The van der Waals surface area contributed by atoms with Crippen molar-refractivity contribution in [2.75, 3.05) is 32.8 Å². The first-order chi connectivity index (χ1) is 11.2. The Morgan fingerprint density at radius 1 is 1.21 bits per heavy atom. The van der Waals surface area contributed by atoms with E-state index in [-0.39, 0.29) is 29.4 Å². The second kappa shape index (κ2) is 9.04. The van der Waals surface area contributed by atoms with Crippen molar-refractivity contribution in [2.45, 2.75) is 38.0 Å². The number of ether oxygens (including phenoxy) is 1. The van der Waals surface area contributed by atoms with Crippen LogP contribution in [0.4, 0.5) is 0 Å². The van der Waals surface area contributed by atoms with E-state index in [9.17, 15) is 0 Å².